The molecule has 0 radical (unpaired) electrons. The highest BCUT2D eigenvalue weighted by Crippen LogP contribution is 2.22. The molecule has 2 atom stereocenters. The van der Waals surface area contributed by atoms with Crippen molar-refractivity contribution in [2.75, 3.05) is 6.54 Å². The fourth-order valence-corrected chi connectivity index (χ4v) is 1.31. The molecule has 1 rings (SSSR count). The lowest BCUT2D eigenvalue weighted by Gasteiger charge is -2.20. The average Bonchev–Trinajstić information content (AvgIpc) is 2.41. The number of azide groups is 1. The van der Waals surface area contributed by atoms with E-state index in [9.17, 15) is 9.90 Å². The lowest BCUT2D eigenvalue weighted by atomic mass is 10.2. The molecular weight excluding hydrogens is 202 g/mol. The molecule has 0 aliphatic carbocycles. The Balaban J connectivity index is 2.49. The highest BCUT2D eigenvalue weighted by Gasteiger charge is 2.37. The van der Waals surface area contributed by atoms with E-state index in [1.807, 2.05) is 0 Å². The SMILES string of the molecule is CC(C)(O)O[C@@H]1C[C@H](CN=[N+]=[N-])OC1=O. The Labute approximate surface area is 86.6 Å². The Morgan fingerprint density at radius 1 is 1.80 bits per heavy atom. The van der Waals surface area contributed by atoms with Crippen molar-refractivity contribution in [3.8, 4) is 0 Å². The van der Waals surface area contributed by atoms with E-state index in [0.717, 1.165) is 0 Å². The maximum atomic E-state index is 11.2. The van der Waals surface area contributed by atoms with Gasteiger partial charge in [-0.1, -0.05) is 5.11 Å². The molecular formula is C8H13N3O4. The zero-order valence-corrected chi connectivity index (χ0v) is 8.58. The van der Waals surface area contributed by atoms with E-state index in [-0.39, 0.29) is 6.54 Å². The summed E-state index contributed by atoms with van der Waals surface area (Å²) in [5, 5.41) is 12.7. The summed E-state index contributed by atoms with van der Waals surface area (Å²) in [6, 6.07) is 0. The maximum absolute atomic E-state index is 11.2. The fraction of sp³-hybridized carbons (Fsp3) is 0.875. The molecule has 1 saturated heterocycles. The van der Waals surface area contributed by atoms with E-state index in [4.69, 9.17) is 15.0 Å². The van der Waals surface area contributed by atoms with Gasteiger partial charge < -0.3 is 14.6 Å². The second-order valence-electron chi connectivity index (χ2n) is 3.76. The first-order chi connectivity index (χ1) is 6.92. The number of cyclic esters (lactones) is 1. The van der Waals surface area contributed by atoms with Crippen LogP contribution in [-0.4, -0.2) is 35.6 Å². The lowest BCUT2D eigenvalue weighted by Crippen LogP contribution is -2.32. The van der Waals surface area contributed by atoms with Crippen LogP contribution in [0.2, 0.25) is 0 Å². The van der Waals surface area contributed by atoms with Gasteiger partial charge in [0, 0.05) is 11.3 Å². The van der Waals surface area contributed by atoms with Gasteiger partial charge in [0.25, 0.3) is 0 Å². The van der Waals surface area contributed by atoms with E-state index >= 15 is 0 Å². The molecule has 1 N–H and O–H groups in total. The Morgan fingerprint density at radius 3 is 3.00 bits per heavy atom. The van der Waals surface area contributed by atoms with E-state index in [1.54, 1.807) is 0 Å². The van der Waals surface area contributed by atoms with Crippen LogP contribution >= 0.6 is 0 Å². The van der Waals surface area contributed by atoms with E-state index in [1.165, 1.54) is 13.8 Å². The zero-order valence-electron chi connectivity index (χ0n) is 8.58. The topological polar surface area (TPSA) is 105 Å². The third kappa shape index (κ3) is 3.75. The van der Waals surface area contributed by atoms with E-state index < -0.39 is 24.0 Å². The molecule has 7 nitrogen and oxygen atoms in total. The summed E-state index contributed by atoms with van der Waals surface area (Å²) in [6.45, 7) is 2.95. The quantitative estimate of drug-likeness (QED) is 0.245. The van der Waals surface area contributed by atoms with Crippen LogP contribution < -0.4 is 0 Å². The molecule has 15 heavy (non-hydrogen) atoms. The monoisotopic (exact) mass is 215 g/mol. The first-order valence-electron chi connectivity index (χ1n) is 4.54. The van der Waals surface area contributed by atoms with Crippen LogP contribution in [0.25, 0.3) is 10.4 Å². The molecule has 1 heterocycles. The van der Waals surface area contributed by atoms with Crippen molar-refractivity contribution in [1.82, 2.24) is 0 Å². The first-order valence-corrected chi connectivity index (χ1v) is 4.54. The predicted octanol–water partition coefficient (Wildman–Crippen LogP) is 0.726. The van der Waals surface area contributed by atoms with Gasteiger partial charge in [0.1, 0.15) is 6.10 Å². The summed E-state index contributed by atoms with van der Waals surface area (Å²) in [6.07, 6.45) is -0.952. The number of hydrogen-bond acceptors (Lipinski definition) is 5. The molecule has 7 heteroatoms. The van der Waals surface area contributed by atoms with Gasteiger partial charge in [-0.25, -0.2) is 4.79 Å². The average molecular weight is 215 g/mol. The summed E-state index contributed by atoms with van der Waals surface area (Å²) < 4.78 is 9.95. The van der Waals surface area contributed by atoms with E-state index in [0.29, 0.717) is 6.42 Å². The number of nitrogens with zero attached hydrogens (tertiary/aromatic N) is 3. The largest absolute Gasteiger partial charge is 0.460 e. The number of carbonyl (C=O) groups excluding carboxylic acids is 1. The molecule has 0 spiro atoms. The Bertz CT molecular complexity index is 293. The molecule has 84 valence electrons. The Hall–Kier alpha value is -1.30. The number of ether oxygens (including phenoxy) is 2. The van der Waals surface area contributed by atoms with Crippen LogP contribution in [0.3, 0.4) is 0 Å². The smallest absolute Gasteiger partial charge is 0.335 e. The van der Waals surface area contributed by atoms with Crippen molar-refractivity contribution in [2.24, 2.45) is 5.11 Å². The minimum absolute atomic E-state index is 0.0912. The lowest BCUT2D eigenvalue weighted by molar-refractivity contribution is -0.207. The molecule has 1 fully saturated rings. The fourth-order valence-electron chi connectivity index (χ4n) is 1.31. The summed E-state index contributed by atoms with van der Waals surface area (Å²) in [5.74, 6) is -1.91. The second kappa shape index (κ2) is 4.48. The highest BCUT2D eigenvalue weighted by molar-refractivity contribution is 5.77. The predicted molar refractivity (Wildman–Crippen MR) is 49.7 cm³/mol. The van der Waals surface area contributed by atoms with Gasteiger partial charge in [-0.2, -0.15) is 0 Å². The Morgan fingerprint density at radius 2 is 2.47 bits per heavy atom. The van der Waals surface area contributed by atoms with Gasteiger partial charge in [-0.3, -0.25) is 0 Å². The number of esters is 1. The van der Waals surface area contributed by atoms with Crippen molar-refractivity contribution >= 4 is 5.97 Å². The molecule has 0 aromatic carbocycles. The number of rotatable bonds is 4. The minimum atomic E-state index is -1.38. The van der Waals surface area contributed by atoms with Crippen molar-refractivity contribution in [3.63, 3.8) is 0 Å². The van der Waals surface area contributed by atoms with E-state index in [2.05, 4.69) is 10.0 Å². The zero-order chi connectivity index (χ0) is 11.5. The summed E-state index contributed by atoms with van der Waals surface area (Å²) in [5.41, 5.74) is 8.09. The number of hydrogen-bond donors (Lipinski definition) is 1. The van der Waals surface area contributed by atoms with Gasteiger partial charge in [-0.05, 0) is 19.4 Å². The molecule has 1 aliphatic rings. The second-order valence-corrected chi connectivity index (χ2v) is 3.76. The van der Waals surface area contributed by atoms with Crippen molar-refractivity contribution in [3.05, 3.63) is 10.4 Å². The molecule has 0 aromatic heterocycles. The molecule has 0 bridgehead atoms. The number of aliphatic hydroxyl groups is 1. The molecule has 0 saturated carbocycles. The van der Waals surface area contributed by atoms with Crippen LogP contribution in [-0.2, 0) is 14.3 Å². The molecule has 0 amide bonds. The third-order valence-electron chi connectivity index (χ3n) is 1.80. The van der Waals surface area contributed by atoms with Gasteiger partial charge in [0.05, 0.1) is 6.54 Å². The van der Waals surface area contributed by atoms with Crippen LogP contribution in [0, 0.1) is 0 Å². The van der Waals surface area contributed by atoms with Gasteiger partial charge in [0.2, 0.25) is 0 Å². The van der Waals surface area contributed by atoms with Crippen molar-refractivity contribution < 1.29 is 19.4 Å². The van der Waals surface area contributed by atoms with Crippen LogP contribution in [0.5, 0.6) is 0 Å². The van der Waals surface area contributed by atoms with Crippen LogP contribution in [0.4, 0.5) is 0 Å². The van der Waals surface area contributed by atoms with Crippen LogP contribution in [0.15, 0.2) is 5.11 Å². The highest BCUT2D eigenvalue weighted by atomic mass is 16.7. The third-order valence-corrected chi connectivity index (χ3v) is 1.80. The van der Waals surface area contributed by atoms with Crippen molar-refractivity contribution in [2.45, 2.75) is 38.3 Å². The summed E-state index contributed by atoms with van der Waals surface area (Å²) in [7, 11) is 0. The molecule has 1 aliphatic heterocycles. The normalized spacial score (nSPS) is 25.9. The summed E-state index contributed by atoms with van der Waals surface area (Å²) in [4.78, 5) is 13.8. The molecule has 0 unspecified atom stereocenters. The minimum Gasteiger partial charge on any atom is -0.460 e. The first kappa shape index (κ1) is 11.8. The number of carbonyl (C=O) groups is 1. The molecule has 0 aromatic rings. The summed E-state index contributed by atoms with van der Waals surface area (Å²) >= 11 is 0. The van der Waals surface area contributed by atoms with Crippen LogP contribution in [0.1, 0.15) is 20.3 Å². The van der Waals surface area contributed by atoms with Crippen molar-refractivity contribution in [1.29, 1.82) is 0 Å². The maximum Gasteiger partial charge on any atom is 0.335 e. The standard InChI is InChI=1S/C8H13N3O4/c1-8(2,13)15-6-3-5(4-10-11-9)14-7(6)12/h5-6,13H,3-4H2,1-2H3/t5-,6-/m1/s1. The van der Waals surface area contributed by atoms with Gasteiger partial charge in [-0.15, -0.1) is 0 Å². The van der Waals surface area contributed by atoms with Gasteiger partial charge in [0.15, 0.2) is 11.9 Å². The van der Waals surface area contributed by atoms with Gasteiger partial charge >= 0.3 is 5.97 Å². The Kier molecular flexibility index (Phi) is 3.52.